The Kier molecular flexibility index (Phi) is 3.02. The van der Waals surface area contributed by atoms with Gasteiger partial charge in [-0.25, -0.2) is 18.4 Å². The first-order valence-electron chi connectivity index (χ1n) is 5.62. The van der Waals surface area contributed by atoms with E-state index in [4.69, 9.17) is 0 Å². The number of halogens is 1. The van der Waals surface area contributed by atoms with Gasteiger partial charge in [0.25, 0.3) is 0 Å². The summed E-state index contributed by atoms with van der Waals surface area (Å²) < 4.78 is 24.8. The van der Waals surface area contributed by atoms with Gasteiger partial charge in [-0.3, -0.25) is 0 Å². The molecule has 2 heterocycles. The van der Waals surface area contributed by atoms with Crippen molar-refractivity contribution in [3.05, 3.63) is 46.7 Å². The summed E-state index contributed by atoms with van der Waals surface area (Å²) in [4.78, 5) is 8.59. The minimum Gasteiger partial charge on any atom is -0.346 e. The number of benzene rings is 1. The molecule has 0 aliphatic carbocycles. The fraction of sp³-hybridized carbons (Fsp3) is 0.167. The molecule has 1 aromatic heterocycles. The molecule has 0 radical (unpaired) electrons. The van der Waals surface area contributed by atoms with E-state index in [0.717, 1.165) is 10.0 Å². The first kappa shape index (κ1) is 12.6. The fourth-order valence-electron chi connectivity index (χ4n) is 2.11. The molecule has 1 N–H and O–H groups in total. The largest absolute Gasteiger partial charge is 0.346 e. The highest BCUT2D eigenvalue weighted by atomic mass is 79.9. The van der Waals surface area contributed by atoms with Gasteiger partial charge >= 0.3 is 0 Å². The van der Waals surface area contributed by atoms with E-state index >= 15 is 0 Å². The Bertz CT molecular complexity index is 716. The van der Waals surface area contributed by atoms with Gasteiger partial charge in [0.2, 0.25) is 5.95 Å². The molecule has 0 unspecified atom stereocenters. The van der Waals surface area contributed by atoms with Crippen LogP contribution in [-0.2, 0) is 9.84 Å². The van der Waals surface area contributed by atoms with Crippen LogP contribution in [0.5, 0.6) is 0 Å². The molecule has 7 heteroatoms. The van der Waals surface area contributed by atoms with Crippen LogP contribution < -0.4 is 5.32 Å². The minimum atomic E-state index is -3.21. The zero-order valence-electron chi connectivity index (χ0n) is 9.75. The fourth-order valence-corrected chi connectivity index (χ4v) is 4.05. The molecule has 0 saturated heterocycles. The number of fused-ring (bicyclic) bond motifs is 1. The van der Waals surface area contributed by atoms with Crippen LogP contribution in [0.4, 0.5) is 5.95 Å². The SMILES string of the molecule is O=S1(=O)C[C@@H](Nc2ncc(Br)cn2)c2ccccc21. The lowest BCUT2D eigenvalue weighted by Gasteiger charge is -2.12. The summed E-state index contributed by atoms with van der Waals surface area (Å²) in [5.74, 6) is 0.450. The molecule has 0 spiro atoms. The van der Waals surface area contributed by atoms with E-state index in [9.17, 15) is 8.42 Å². The molecule has 3 rings (SSSR count). The first-order valence-corrected chi connectivity index (χ1v) is 8.06. The molecule has 0 fully saturated rings. The lowest BCUT2D eigenvalue weighted by molar-refractivity contribution is 0.598. The molecule has 0 saturated carbocycles. The number of hydrogen-bond acceptors (Lipinski definition) is 5. The molecular weight excluding hydrogens is 330 g/mol. The van der Waals surface area contributed by atoms with E-state index in [1.54, 1.807) is 24.5 Å². The van der Waals surface area contributed by atoms with Crippen LogP contribution in [0.25, 0.3) is 0 Å². The van der Waals surface area contributed by atoms with Crippen molar-refractivity contribution in [3.63, 3.8) is 0 Å². The Hall–Kier alpha value is -1.47. The molecule has 98 valence electrons. The Morgan fingerprint density at radius 2 is 1.89 bits per heavy atom. The third-order valence-corrected chi connectivity index (χ3v) is 5.16. The second kappa shape index (κ2) is 4.57. The van der Waals surface area contributed by atoms with Crippen molar-refractivity contribution in [2.24, 2.45) is 0 Å². The maximum Gasteiger partial charge on any atom is 0.223 e. The quantitative estimate of drug-likeness (QED) is 0.907. The molecule has 19 heavy (non-hydrogen) atoms. The predicted octanol–water partition coefficient (Wildman–Crippen LogP) is 2.18. The monoisotopic (exact) mass is 339 g/mol. The van der Waals surface area contributed by atoms with Gasteiger partial charge in [-0.15, -0.1) is 0 Å². The average molecular weight is 340 g/mol. The lowest BCUT2D eigenvalue weighted by Crippen LogP contribution is -2.14. The lowest BCUT2D eigenvalue weighted by atomic mass is 10.1. The van der Waals surface area contributed by atoms with Gasteiger partial charge in [0.05, 0.1) is 21.2 Å². The zero-order valence-corrected chi connectivity index (χ0v) is 12.1. The van der Waals surface area contributed by atoms with Crippen LogP contribution in [0.3, 0.4) is 0 Å². The number of aromatic nitrogens is 2. The van der Waals surface area contributed by atoms with E-state index in [-0.39, 0.29) is 11.8 Å². The van der Waals surface area contributed by atoms with Gasteiger partial charge in [-0.1, -0.05) is 18.2 Å². The normalized spacial score (nSPS) is 19.9. The average Bonchev–Trinajstić information content (AvgIpc) is 2.65. The van der Waals surface area contributed by atoms with Gasteiger partial charge in [-0.2, -0.15) is 0 Å². The Morgan fingerprint density at radius 1 is 1.21 bits per heavy atom. The van der Waals surface area contributed by atoms with Gasteiger partial charge in [-0.05, 0) is 27.6 Å². The third-order valence-electron chi connectivity index (χ3n) is 2.94. The van der Waals surface area contributed by atoms with Crippen LogP contribution in [-0.4, -0.2) is 24.1 Å². The number of sulfone groups is 1. The molecular formula is C12H10BrN3O2S. The smallest absolute Gasteiger partial charge is 0.223 e. The summed E-state index contributed by atoms with van der Waals surface area (Å²) in [6.07, 6.45) is 3.23. The van der Waals surface area contributed by atoms with E-state index < -0.39 is 9.84 Å². The van der Waals surface area contributed by atoms with Crippen molar-refractivity contribution in [2.75, 3.05) is 11.1 Å². The third kappa shape index (κ3) is 2.35. The maximum atomic E-state index is 12.0. The van der Waals surface area contributed by atoms with Crippen LogP contribution in [0.2, 0.25) is 0 Å². The number of rotatable bonds is 2. The summed E-state index contributed by atoms with van der Waals surface area (Å²) >= 11 is 3.25. The number of hydrogen-bond donors (Lipinski definition) is 1. The predicted molar refractivity (Wildman–Crippen MR) is 74.6 cm³/mol. The molecule has 2 aromatic rings. The molecule has 1 aromatic carbocycles. The van der Waals surface area contributed by atoms with Crippen LogP contribution in [0.15, 0.2) is 46.0 Å². The van der Waals surface area contributed by atoms with Crippen LogP contribution in [0, 0.1) is 0 Å². The van der Waals surface area contributed by atoms with Gasteiger partial charge < -0.3 is 5.32 Å². The van der Waals surface area contributed by atoms with Crippen molar-refractivity contribution in [2.45, 2.75) is 10.9 Å². The maximum absolute atomic E-state index is 12.0. The highest BCUT2D eigenvalue weighted by Gasteiger charge is 2.34. The van der Waals surface area contributed by atoms with E-state index in [2.05, 4.69) is 31.2 Å². The summed E-state index contributed by atoms with van der Waals surface area (Å²) in [6.45, 7) is 0. The summed E-state index contributed by atoms with van der Waals surface area (Å²) in [7, 11) is -3.21. The Balaban J connectivity index is 1.94. The van der Waals surface area contributed by atoms with Gasteiger partial charge in [0.1, 0.15) is 0 Å². The molecule has 1 aliphatic rings. The highest BCUT2D eigenvalue weighted by molar-refractivity contribution is 9.10. The molecule has 1 aliphatic heterocycles. The summed E-state index contributed by atoms with van der Waals surface area (Å²) in [5, 5.41) is 3.06. The van der Waals surface area contributed by atoms with Crippen molar-refractivity contribution in [1.82, 2.24) is 9.97 Å². The summed E-state index contributed by atoms with van der Waals surface area (Å²) in [6, 6.07) is 6.71. The second-order valence-electron chi connectivity index (χ2n) is 4.24. The zero-order chi connectivity index (χ0) is 13.5. The van der Waals surface area contributed by atoms with Crippen molar-refractivity contribution >= 4 is 31.7 Å². The molecule has 0 bridgehead atoms. The highest BCUT2D eigenvalue weighted by Crippen LogP contribution is 2.34. The molecule has 5 nitrogen and oxygen atoms in total. The van der Waals surface area contributed by atoms with Crippen LogP contribution >= 0.6 is 15.9 Å². The summed E-state index contributed by atoms with van der Waals surface area (Å²) in [5.41, 5.74) is 0.772. The Labute approximate surface area is 119 Å². The van der Waals surface area contributed by atoms with E-state index in [0.29, 0.717) is 10.8 Å². The van der Waals surface area contributed by atoms with Crippen molar-refractivity contribution in [1.29, 1.82) is 0 Å². The number of nitrogens with one attached hydrogen (secondary N) is 1. The molecule has 0 amide bonds. The van der Waals surface area contributed by atoms with E-state index in [1.807, 2.05) is 12.1 Å². The Morgan fingerprint density at radius 3 is 2.63 bits per heavy atom. The molecule has 1 atom stereocenters. The van der Waals surface area contributed by atoms with Crippen molar-refractivity contribution in [3.8, 4) is 0 Å². The van der Waals surface area contributed by atoms with Crippen molar-refractivity contribution < 1.29 is 8.42 Å². The first-order chi connectivity index (χ1) is 9.06. The van der Waals surface area contributed by atoms with Gasteiger partial charge in [0, 0.05) is 12.4 Å². The van der Waals surface area contributed by atoms with Crippen LogP contribution in [0.1, 0.15) is 11.6 Å². The van der Waals surface area contributed by atoms with Gasteiger partial charge in [0.15, 0.2) is 9.84 Å². The second-order valence-corrected chi connectivity index (χ2v) is 7.16. The number of nitrogens with zero attached hydrogens (tertiary/aromatic N) is 2. The van der Waals surface area contributed by atoms with E-state index in [1.165, 1.54) is 0 Å². The topological polar surface area (TPSA) is 72.0 Å². The number of anilines is 1. The standard InChI is InChI=1S/C12H10BrN3O2S/c13-8-5-14-12(15-6-8)16-10-7-19(17,18)11-4-2-1-3-9(10)11/h1-6,10H,7H2,(H,14,15,16)/t10-/m1/s1. The minimum absolute atomic E-state index is 0.0335.